The van der Waals surface area contributed by atoms with Crippen LogP contribution in [0.3, 0.4) is 0 Å². The van der Waals surface area contributed by atoms with Gasteiger partial charge in [-0.25, -0.2) is 4.79 Å². The second kappa shape index (κ2) is 3.73. The Morgan fingerprint density at radius 2 is 1.94 bits per heavy atom. The van der Waals surface area contributed by atoms with Gasteiger partial charge in [-0.15, -0.1) is 0 Å². The van der Waals surface area contributed by atoms with Crippen molar-refractivity contribution in [2.45, 2.75) is 13.8 Å². The van der Waals surface area contributed by atoms with E-state index in [1.165, 1.54) is 10.6 Å². The Hall–Kier alpha value is -2.10. The lowest BCUT2D eigenvalue weighted by Gasteiger charge is -2.12. The molecule has 0 aliphatic heterocycles. The topological polar surface area (TPSA) is 59.3 Å². The summed E-state index contributed by atoms with van der Waals surface area (Å²) in [6.45, 7) is 3.83. The molecule has 2 aromatic rings. The van der Waals surface area contributed by atoms with E-state index in [1.54, 1.807) is 13.1 Å². The van der Waals surface area contributed by atoms with Crippen LogP contribution in [0.2, 0.25) is 0 Å². The van der Waals surface area contributed by atoms with Gasteiger partial charge in [0.15, 0.2) is 0 Å². The zero-order valence-electron chi connectivity index (χ0n) is 9.94. The van der Waals surface area contributed by atoms with E-state index >= 15 is 0 Å². The number of hydrogen-bond donors (Lipinski definition) is 1. The van der Waals surface area contributed by atoms with Gasteiger partial charge in [0.1, 0.15) is 0 Å². The van der Waals surface area contributed by atoms with Gasteiger partial charge in [-0.3, -0.25) is 4.79 Å². The monoisotopic (exact) mass is 231 g/mol. The molecule has 17 heavy (non-hydrogen) atoms. The molecule has 0 amide bonds. The molecule has 0 saturated carbocycles. The summed E-state index contributed by atoms with van der Waals surface area (Å²) in [6, 6.07) is 4.79. The molecule has 4 heteroatoms. The average Bonchev–Trinajstić information content (AvgIpc) is 2.27. The number of aromatic carboxylic acids is 1. The third kappa shape index (κ3) is 1.62. The molecule has 1 heterocycles. The summed E-state index contributed by atoms with van der Waals surface area (Å²) in [4.78, 5) is 22.8. The molecule has 0 bridgehead atoms. The fraction of sp³-hybridized carbons (Fsp3) is 0.231. The number of benzene rings is 1. The van der Waals surface area contributed by atoms with Gasteiger partial charge in [-0.05, 0) is 25.0 Å². The Balaban J connectivity index is 3.09. The number of carboxylic acid groups (broad SMARTS) is 1. The maximum absolute atomic E-state index is 11.7. The van der Waals surface area contributed by atoms with Crippen LogP contribution in [0.1, 0.15) is 21.5 Å². The first kappa shape index (κ1) is 11.4. The minimum absolute atomic E-state index is 0.0613. The van der Waals surface area contributed by atoms with E-state index in [2.05, 4.69) is 0 Å². The number of carbonyl (C=O) groups is 1. The van der Waals surface area contributed by atoms with Crippen molar-refractivity contribution in [3.63, 3.8) is 0 Å². The fourth-order valence-electron chi connectivity index (χ4n) is 2.04. The van der Waals surface area contributed by atoms with Gasteiger partial charge in [-0.1, -0.05) is 12.1 Å². The lowest BCUT2D eigenvalue weighted by molar-refractivity contribution is 0.0699. The van der Waals surface area contributed by atoms with Crippen LogP contribution in [0.5, 0.6) is 0 Å². The first-order chi connectivity index (χ1) is 7.93. The van der Waals surface area contributed by atoms with Gasteiger partial charge in [0.05, 0.1) is 11.1 Å². The third-order valence-electron chi connectivity index (χ3n) is 3.16. The smallest absolute Gasteiger partial charge is 0.336 e. The molecule has 4 nitrogen and oxygen atoms in total. The van der Waals surface area contributed by atoms with Crippen molar-refractivity contribution in [2.75, 3.05) is 0 Å². The van der Waals surface area contributed by atoms with E-state index in [1.807, 2.05) is 19.9 Å². The Bertz CT molecular complexity index is 683. The van der Waals surface area contributed by atoms with Gasteiger partial charge >= 0.3 is 5.97 Å². The SMILES string of the molecule is Cc1ccc2c(C(=O)O)cc(=O)n(C)c2c1C. The molecule has 0 unspecified atom stereocenters. The average molecular weight is 231 g/mol. The molecule has 0 aliphatic rings. The molecule has 88 valence electrons. The van der Waals surface area contributed by atoms with Gasteiger partial charge in [-0.2, -0.15) is 0 Å². The predicted octanol–water partition coefficient (Wildman–Crippen LogP) is 1.85. The fourth-order valence-corrected chi connectivity index (χ4v) is 2.04. The van der Waals surface area contributed by atoms with E-state index in [-0.39, 0.29) is 11.1 Å². The predicted molar refractivity (Wildman–Crippen MR) is 65.6 cm³/mol. The van der Waals surface area contributed by atoms with Crippen LogP contribution in [0.25, 0.3) is 10.9 Å². The van der Waals surface area contributed by atoms with Gasteiger partial charge in [0.2, 0.25) is 0 Å². The van der Waals surface area contributed by atoms with Crippen LogP contribution in [0.15, 0.2) is 23.0 Å². The Morgan fingerprint density at radius 1 is 1.29 bits per heavy atom. The number of aryl methyl sites for hydroxylation is 3. The molecule has 0 saturated heterocycles. The Kier molecular flexibility index (Phi) is 2.50. The van der Waals surface area contributed by atoms with Crippen molar-refractivity contribution in [2.24, 2.45) is 7.05 Å². The number of fused-ring (bicyclic) bond motifs is 1. The van der Waals surface area contributed by atoms with E-state index in [0.717, 1.165) is 11.1 Å². The van der Waals surface area contributed by atoms with Crippen molar-refractivity contribution in [1.29, 1.82) is 0 Å². The van der Waals surface area contributed by atoms with Gasteiger partial charge < -0.3 is 9.67 Å². The van der Waals surface area contributed by atoms with E-state index in [4.69, 9.17) is 5.11 Å². The summed E-state index contributed by atoms with van der Waals surface area (Å²) in [5.41, 5.74) is 2.42. The number of nitrogens with zero attached hydrogens (tertiary/aromatic N) is 1. The Morgan fingerprint density at radius 3 is 2.53 bits per heavy atom. The minimum atomic E-state index is -1.07. The first-order valence-electron chi connectivity index (χ1n) is 5.26. The molecule has 0 aliphatic carbocycles. The number of pyridine rings is 1. The molecule has 1 aromatic carbocycles. The van der Waals surface area contributed by atoms with Crippen molar-refractivity contribution < 1.29 is 9.90 Å². The summed E-state index contributed by atoms with van der Waals surface area (Å²) < 4.78 is 1.49. The summed E-state index contributed by atoms with van der Waals surface area (Å²) in [7, 11) is 1.66. The van der Waals surface area contributed by atoms with Crippen LogP contribution in [-0.2, 0) is 7.05 Å². The molecule has 0 fully saturated rings. The highest BCUT2D eigenvalue weighted by atomic mass is 16.4. The van der Waals surface area contributed by atoms with Crippen LogP contribution in [0.4, 0.5) is 0 Å². The highest BCUT2D eigenvalue weighted by molar-refractivity contribution is 6.03. The summed E-state index contributed by atoms with van der Waals surface area (Å²) >= 11 is 0. The van der Waals surface area contributed by atoms with Crippen LogP contribution < -0.4 is 5.56 Å². The molecular formula is C13H13NO3. The standard InChI is InChI=1S/C13H13NO3/c1-7-4-5-9-10(13(16)17)6-11(15)14(3)12(9)8(7)2/h4-6H,1-3H3,(H,16,17). The molecule has 1 aromatic heterocycles. The van der Waals surface area contributed by atoms with Crippen molar-refractivity contribution in [3.8, 4) is 0 Å². The third-order valence-corrected chi connectivity index (χ3v) is 3.16. The Labute approximate surface area is 98.1 Å². The molecule has 0 atom stereocenters. The van der Waals surface area contributed by atoms with Crippen molar-refractivity contribution >= 4 is 16.9 Å². The summed E-state index contributed by atoms with van der Waals surface area (Å²) in [6.07, 6.45) is 0. The lowest BCUT2D eigenvalue weighted by Crippen LogP contribution is -2.19. The lowest BCUT2D eigenvalue weighted by atomic mass is 10.0. The van der Waals surface area contributed by atoms with Crippen molar-refractivity contribution in [3.05, 3.63) is 45.2 Å². The van der Waals surface area contributed by atoms with E-state index in [0.29, 0.717) is 10.9 Å². The molecular weight excluding hydrogens is 218 g/mol. The van der Waals surface area contributed by atoms with Gasteiger partial charge in [0.25, 0.3) is 5.56 Å². The van der Waals surface area contributed by atoms with Crippen LogP contribution in [-0.4, -0.2) is 15.6 Å². The molecule has 1 N–H and O–H groups in total. The summed E-state index contributed by atoms with van der Waals surface area (Å²) in [5, 5.41) is 9.71. The highest BCUT2D eigenvalue weighted by Crippen LogP contribution is 2.22. The summed E-state index contributed by atoms with van der Waals surface area (Å²) in [5.74, 6) is -1.07. The number of aromatic nitrogens is 1. The maximum atomic E-state index is 11.7. The molecule has 0 radical (unpaired) electrons. The second-order valence-corrected chi connectivity index (χ2v) is 4.16. The zero-order chi connectivity index (χ0) is 12.7. The van der Waals surface area contributed by atoms with Crippen LogP contribution in [0, 0.1) is 13.8 Å². The normalized spacial score (nSPS) is 10.8. The van der Waals surface area contributed by atoms with E-state index < -0.39 is 5.97 Å². The van der Waals surface area contributed by atoms with Gasteiger partial charge in [0, 0.05) is 18.5 Å². The first-order valence-corrected chi connectivity index (χ1v) is 5.26. The number of rotatable bonds is 1. The quantitative estimate of drug-likeness (QED) is 0.814. The number of carboxylic acids is 1. The maximum Gasteiger partial charge on any atom is 0.336 e. The highest BCUT2D eigenvalue weighted by Gasteiger charge is 2.14. The molecule has 0 spiro atoms. The second-order valence-electron chi connectivity index (χ2n) is 4.16. The minimum Gasteiger partial charge on any atom is -0.478 e. The zero-order valence-corrected chi connectivity index (χ0v) is 9.94. The number of hydrogen-bond acceptors (Lipinski definition) is 2. The van der Waals surface area contributed by atoms with E-state index in [9.17, 15) is 9.59 Å². The van der Waals surface area contributed by atoms with Crippen LogP contribution >= 0.6 is 0 Å². The molecule has 2 rings (SSSR count). The van der Waals surface area contributed by atoms with Crippen molar-refractivity contribution in [1.82, 2.24) is 4.57 Å². The largest absolute Gasteiger partial charge is 0.478 e.